The Hall–Kier alpha value is -2.45. The molecule has 0 aliphatic heterocycles. The second kappa shape index (κ2) is 12.3. The van der Waals surface area contributed by atoms with E-state index in [2.05, 4.69) is 38.8 Å². The van der Waals surface area contributed by atoms with Crippen molar-refractivity contribution in [3.05, 3.63) is 52.5 Å². The number of carbonyl (C=O) groups excluding carboxylic acids is 2. The smallest absolute Gasteiger partial charge is 0.257 e. The number of hydrogen-bond donors (Lipinski definition) is 3. The molecule has 6 nitrogen and oxygen atoms in total. The average Bonchev–Trinajstić information content (AvgIpc) is 2.68. The first-order valence-electron chi connectivity index (χ1n) is 9.81. The first kappa shape index (κ1) is 23.8. The lowest BCUT2D eigenvalue weighted by atomic mass is 10.2. The van der Waals surface area contributed by atoms with E-state index in [9.17, 15) is 9.59 Å². The van der Waals surface area contributed by atoms with Crippen molar-refractivity contribution in [1.29, 1.82) is 0 Å². The Morgan fingerprint density at radius 2 is 1.77 bits per heavy atom. The molecule has 0 atom stereocenters. The van der Waals surface area contributed by atoms with Crippen LogP contribution in [0.4, 0.5) is 11.4 Å². The van der Waals surface area contributed by atoms with Crippen molar-refractivity contribution < 1.29 is 14.3 Å². The molecule has 2 aromatic carbocycles. The maximum Gasteiger partial charge on any atom is 0.257 e. The van der Waals surface area contributed by atoms with Gasteiger partial charge in [-0.1, -0.05) is 32.3 Å². The van der Waals surface area contributed by atoms with Gasteiger partial charge in [0.2, 0.25) is 5.91 Å². The van der Waals surface area contributed by atoms with Crippen molar-refractivity contribution in [2.45, 2.75) is 39.5 Å². The third-order valence-corrected chi connectivity index (χ3v) is 4.94. The predicted octanol–water partition coefficient (Wildman–Crippen LogP) is 5.49. The Balaban J connectivity index is 1.90. The van der Waals surface area contributed by atoms with Crippen molar-refractivity contribution in [2.75, 3.05) is 17.2 Å². The Labute approximate surface area is 190 Å². The molecule has 0 aromatic heterocycles. The van der Waals surface area contributed by atoms with Crippen molar-refractivity contribution in [3.63, 3.8) is 0 Å². The van der Waals surface area contributed by atoms with E-state index in [4.69, 9.17) is 17.0 Å². The summed E-state index contributed by atoms with van der Waals surface area (Å²) in [5.74, 6) is 0.209. The second-order valence-corrected chi connectivity index (χ2v) is 7.99. The monoisotopic (exact) mass is 491 g/mol. The number of ether oxygens (including phenoxy) is 1. The molecule has 0 unspecified atom stereocenters. The van der Waals surface area contributed by atoms with Crippen molar-refractivity contribution in [1.82, 2.24) is 5.32 Å². The van der Waals surface area contributed by atoms with Gasteiger partial charge in [-0.2, -0.15) is 0 Å². The molecule has 0 spiro atoms. The first-order chi connectivity index (χ1) is 14.4. The average molecular weight is 492 g/mol. The zero-order chi connectivity index (χ0) is 21.9. The normalized spacial score (nSPS) is 10.2. The van der Waals surface area contributed by atoms with E-state index in [1.807, 2.05) is 0 Å². The highest BCUT2D eigenvalue weighted by Crippen LogP contribution is 2.26. The largest absolute Gasteiger partial charge is 0.492 e. The van der Waals surface area contributed by atoms with E-state index >= 15 is 0 Å². The molecule has 30 heavy (non-hydrogen) atoms. The third kappa shape index (κ3) is 8.12. The molecule has 0 heterocycles. The van der Waals surface area contributed by atoms with Gasteiger partial charge >= 0.3 is 0 Å². The van der Waals surface area contributed by atoms with Gasteiger partial charge in [-0.15, -0.1) is 0 Å². The van der Waals surface area contributed by atoms with Crippen LogP contribution in [0.15, 0.2) is 46.9 Å². The van der Waals surface area contributed by atoms with Crippen LogP contribution in [0, 0.1) is 0 Å². The number of halogens is 1. The molecule has 0 saturated carbocycles. The number of rotatable bonds is 9. The van der Waals surface area contributed by atoms with Crippen LogP contribution < -0.4 is 20.7 Å². The number of thiocarbonyl (C=S) groups is 1. The number of unbranched alkanes of at least 4 members (excludes halogenated alkanes) is 3. The van der Waals surface area contributed by atoms with Crippen molar-refractivity contribution in [2.24, 2.45) is 0 Å². The molecule has 8 heteroatoms. The van der Waals surface area contributed by atoms with Gasteiger partial charge in [0.05, 0.1) is 11.1 Å². The minimum Gasteiger partial charge on any atom is -0.492 e. The molecular formula is C22H26BrN3O3S. The summed E-state index contributed by atoms with van der Waals surface area (Å²) in [6, 6.07) is 12.2. The number of anilines is 2. The van der Waals surface area contributed by atoms with E-state index in [-0.39, 0.29) is 16.9 Å². The maximum atomic E-state index is 12.5. The highest BCUT2D eigenvalue weighted by atomic mass is 79.9. The van der Waals surface area contributed by atoms with Crippen LogP contribution in [0.25, 0.3) is 0 Å². The summed E-state index contributed by atoms with van der Waals surface area (Å²) in [6.07, 6.45) is 4.54. The van der Waals surface area contributed by atoms with Gasteiger partial charge in [-0.25, -0.2) is 0 Å². The summed E-state index contributed by atoms with van der Waals surface area (Å²) < 4.78 is 6.49. The van der Waals surface area contributed by atoms with E-state index < -0.39 is 0 Å². The van der Waals surface area contributed by atoms with Crippen LogP contribution in [0.1, 0.15) is 49.9 Å². The molecular weight excluding hydrogens is 466 g/mol. The fraction of sp³-hybridized carbons (Fsp3) is 0.318. The fourth-order valence-corrected chi connectivity index (χ4v) is 3.39. The molecule has 0 saturated heterocycles. The van der Waals surface area contributed by atoms with Gasteiger partial charge in [0, 0.05) is 23.9 Å². The second-order valence-electron chi connectivity index (χ2n) is 6.72. The third-order valence-electron chi connectivity index (χ3n) is 4.12. The van der Waals surface area contributed by atoms with Gasteiger partial charge in [0.15, 0.2) is 5.11 Å². The Morgan fingerprint density at radius 1 is 1.03 bits per heavy atom. The lowest BCUT2D eigenvalue weighted by Gasteiger charge is -2.12. The van der Waals surface area contributed by atoms with Gasteiger partial charge < -0.3 is 15.4 Å². The molecule has 0 bridgehead atoms. The number of benzene rings is 2. The predicted molar refractivity (Wildman–Crippen MR) is 128 cm³/mol. The van der Waals surface area contributed by atoms with Crippen molar-refractivity contribution in [3.8, 4) is 5.75 Å². The van der Waals surface area contributed by atoms with Gasteiger partial charge in [0.25, 0.3) is 5.91 Å². The lowest BCUT2D eigenvalue weighted by Crippen LogP contribution is -2.34. The summed E-state index contributed by atoms with van der Waals surface area (Å²) in [5.41, 5.74) is 1.74. The number of carbonyl (C=O) groups is 2. The molecule has 0 aliphatic rings. The van der Waals surface area contributed by atoms with E-state index in [1.54, 1.807) is 42.5 Å². The minimum absolute atomic E-state index is 0.160. The quantitative estimate of drug-likeness (QED) is 0.319. The molecule has 2 amide bonds. The molecule has 3 N–H and O–H groups in total. The first-order valence-corrected chi connectivity index (χ1v) is 11.0. The number of nitrogens with one attached hydrogen (secondary N) is 3. The Bertz CT molecular complexity index is 905. The van der Waals surface area contributed by atoms with Crippen LogP contribution >= 0.6 is 28.1 Å². The molecule has 0 radical (unpaired) electrons. The summed E-state index contributed by atoms with van der Waals surface area (Å²) in [5, 5.41) is 8.44. The Kier molecular flexibility index (Phi) is 9.76. The van der Waals surface area contributed by atoms with Crippen LogP contribution in [-0.2, 0) is 4.79 Å². The fourth-order valence-electron chi connectivity index (χ4n) is 2.69. The number of hydrogen-bond acceptors (Lipinski definition) is 4. The van der Waals surface area contributed by atoms with Gasteiger partial charge in [-0.3, -0.25) is 14.9 Å². The zero-order valence-corrected chi connectivity index (χ0v) is 19.5. The van der Waals surface area contributed by atoms with Crippen LogP contribution in [0.3, 0.4) is 0 Å². The number of amides is 2. The molecule has 0 aliphatic carbocycles. The van der Waals surface area contributed by atoms with E-state index in [0.29, 0.717) is 33.8 Å². The highest BCUT2D eigenvalue weighted by molar-refractivity contribution is 9.10. The van der Waals surface area contributed by atoms with Gasteiger partial charge in [0.1, 0.15) is 5.75 Å². The van der Waals surface area contributed by atoms with Gasteiger partial charge in [-0.05, 0) is 71.0 Å². The molecule has 0 fully saturated rings. The van der Waals surface area contributed by atoms with E-state index in [1.165, 1.54) is 19.8 Å². The zero-order valence-electron chi connectivity index (χ0n) is 17.1. The van der Waals surface area contributed by atoms with Crippen LogP contribution in [-0.4, -0.2) is 23.5 Å². The van der Waals surface area contributed by atoms with Crippen LogP contribution in [0.2, 0.25) is 0 Å². The lowest BCUT2D eigenvalue weighted by molar-refractivity contribution is -0.114. The maximum absolute atomic E-state index is 12.5. The topological polar surface area (TPSA) is 79.5 Å². The summed E-state index contributed by atoms with van der Waals surface area (Å²) in [6.45, 7) is 4.26. The molecule has 2 rings (SSSR count). The summed E-state index contributed by atoms with van der Waals surface area (Å²) >= 11 is 8.69. The SMILES string of the molecule is CCCCCCOc1ccc(C(=O)NC(=S)Nc2cccc(NC(C)=O)c2)cc1Br. The minimum atomic E-state index is -0.333. The molecule has 160 valence electrons. The standard InChI is InChI=1S/C22H26BrN3O3S/c1-3-4-5-6-12-29-20-11-10-16(13-19(20)23)21(28)26-22(30)25-18-9-7-8-17(14-18)24-15(2)27/h7-11,13-14H,3-6,12H2,1-2H3,(H,24,27)(H2,25,26,28,30). The highest BCUT2D eigenvalue weighted by Gasteiger charge is 2.11. The summed E-state index contributed by atoms with van der Waals surface area (Å²) in [4.78, 5) is 23.7. The Morgan fingerprint density at radius 3 is 2.43 bits per heavy atom. The summed E-state index contributed by atoms with van der Waals surface area (Å²) in [7, 11) is 0. The van der Waals surface area contributed by atoms with Crippen LogP contribution in [0.5, 0.6) is 5.75 Å². The van der Waals surface area contributed by atoms with E-state index in [0.717, 1.165) is 12.8 Å². The molecule has 2 aromatic rings. The van der Waals surface area contributed by atoms with Crippen molar-refractivity contribution >= 4 is 56.4 Å².